The molecule has 6 atom stereocenters. The second kappa shape index (κ2) is 63.8. The molecule has 0 aliphatic heterocycles. The third-order valence-corrected chi connectivity index (χ3v) is 19.1. The molecular formula is C73H142O17P2. The van der Waals surface area contributed by atoms with Gasteiger partial charge in [-0.25, -0.2) is 9.13 Å². The topological polar surface area (TPSA) is 237 Å². The summed E-state index contributed by atoms with van der Waals surface area (Å²) in [6.45, 7) is 11.8. The number of phosphoric ester groups is 2. The standard InChI is InChI=1S/C73H142O17P2/c1-8-10-11-12-13-14-15-18-22-25-33-40-47-54-70(75)83-60-68(89-72(77)56-49-42-34-26-23-20-17-16-19-21-24-30-37-44-51-64(3)4)62-87-91(79,80)85-58-67(74)59-86-92(81,82)88-63-69(61-84-71(76)55-48-41-36-29-31-38-45-52-65(5)6)90-73(78)57-50-43-35-28-27-32-39-46-53-66(7)9-2/h64-69,74H,8-63H2,1-7H3,(H,79,80)(H,81,82)/t66?,67-,68-,69-/m1/s1. The van der Waals surface area contributed by atoms with Gasteiger partial charge in [-0.3, -0.25) is 37.3 Å². The van der Waals surface area contributed by atoms with Crippen molar-refractivity contribution in [1.82, 2.24) is 0 Å². The minimum atomic E-state index is -4.95. The molecule has 0 saturated carbocycles. The molecule has 0 amide bonds. The summed E-state index contributed by atoms with van der Waals surface area (Å²) in [6.07, 6.45) is 48.5. The maximum atomic E-state index is 13.1. The van der Waals surface area contributed by atoms with E-state index in [1.165, 1.54) is 173 Å². The Morgan fingerprint density at radius 2 is 0.554 bits per heavy atom. The smallest absolute Gasteiger partial charge is 0.462 e. The van der Waals surface area contributed by atoms with Gasteiger partial charge in [-0.05, 0) is 43.4 Å². The Bertz CT molecular complexity index is 1800. The highest BCUT2D eigenvalue weighted by Gasteiger charge is 2.30. The predicted molar refractivity (Wildman–Crippen MR) is 372 cm³/mol. The summed E-state index contributed by atoms with van der Waals surface area (Å²) in [7, 11) is -9.91. The van der Waals surface area contributed by atoms with E-state index in [1.807, 2.05) is 0 Å². The van der Waals surface area contributed by atoms with Crippen molar-refractivity contribution >= 4 is 39.5 Å². The van der Waals surface area contributed by atoms with E-state index in [4.69, 9.17) is 37.0 Å². The highest BCUT2D eigenvalue weighted by molar-refractivity contribution is 7.47. The average molecular weight is 1350 g/mol. The lowest BCUT2D eigenvalue weighted by Crippen LogP contribution is -2.30. The number of hydrogen-bond donors (Lipinski definition) is 3. The Labute approximate surface area is 562 Å². The van der Waals surface area contributed by atoms with E-state index in [9.17, 15) is 43.2 Å². The minimum Gasteiger partial charge on any atom is -0.462 e. The Hall–Kier alpha value is -1.94. The van der Waals surface area contributed by atoms with Crippen LogP contribution >= 0.6 is 15.6 Å². The van der Waals surface area contributed by atoms with Crippen LogP contribution in [-0.2, 0) is 65.4 Å². The molecule has 546 valence electrons. The number of aliphatic hydroxyl groups excluding tert-OH is 1. The number of carbonyl (C=O) groups is 4. The maximum absolute atomic E-state index is 13.1. The molecule has 3 unspecified atom stereocenters. The molecule has 0 fully saturated rings. The molecule has 92 heavy (non-hydrogen) atoms. The molecule has 0 spiro atoms. The number of hydrogen-bond acceptors (Lipinski definition) is 15. The fourth-order valence-corrected chi connectivity index (χ4v) is 12.6. The van der Waals surface area contributed by atoms with Crippen LogP contribution in [0.25, 0.3) is 0 Å². The zero-order valence-electron chi connectivity index (χ0n) is 60.0. The first-order chi connectivity index (χ1) is 44.3. The van der Waals surface area contributed by atoms with Crippen LogP contribution in [0.1, 0.15) is 370 Å². The van der Waals surface area contributed by atoms with Crippen LogP contribution in [0.5, 0.6) is 0 Å². The summed E-state index contributed by atoms with van der Waals surface area (Å²) in [5, 5.41) is 10.6. The van der Waals surface area contributed by atoms with E-state index in [0.717, 1.165) is 108 Å². The van der Waals surface area contributed by atoms with Gasteiger partial charge in [0.25, 0.3) is 0 Å². The van der Waals surface area contributed by atoms with Gasteiger partial charge in [0.05, 0.1) is 26.4 Å². The number of rotatable bonds is 71. The summed E-state index contributed by atoms with van der Waals surface area (Å²) in [5.41, 5.74) is 0. The molecule has 0 aromatic heterocycles. The van der Waals surface area contributed by atoms with Crippen LogP contribution in [0.2, 0.25) is 0 Å². The Morgan fingerprint density at radius 3 is 0.826 bits per heavy atom. The third-order valence-electron chi connectivity index (χ3n) is 17.2. The van der Waals surface area contributed by atoms with E-state index in [2.05, 4.69) is 48.5 Å². The van der Waals surface area contributed by atoms with Gasteiger partial charge in [0.15, 0.2) is 12.2 Å². The first-order valence-corrected chi connectivity index (χ1v) is 40.9. The highest BCUT2D eigenvalue weighted by Crippen LogP contribution is 2.45. The lowest BCUT2D eigenvalue weighted by molar-refractivity contribution is -0.161. The lowest BCUT2D eigenvalue weighted by Gasteiger charge is -2.21. The Kier molecular flexibility index (Phi) is 62.4. The van der Waals surface area contributed by atoms with Crippen molar-refractivity contribution in [1.29, 1.82) is 0 Å². The van der Waals surface area contributed by atoms with Crippen LogP contribution in [0.4, 0.5) is 0 Å². The van der Waals surface area contributed by atoms with E-state index >= 15 is 0 Å². The summed E-state index contributed by atoms with van der Waals surface area (Å²) in [4.78, 5) is 72.7. The van der Waals surface area contributed by atoms with Crippen LogP contribution < -0.4 is 0 Å². The summed E-state index contributed by atoms with van der Waals surface area (Å²) >= 11 is 0. The molecule has 0 rings (SSSR count). The summed E-state index contributed by atoms with van der Waals surface area (Å²) in [5.74, 6) is 0.147. The SMILES string of the molecule is CCCCCCCCCCCCCCCC(=O)OC[C@H](COP(=O)(O)OC[C@@H](O)COP(=O)(O)OC[C@@H](COC(=O)CCCCCCCCCC(C)C)OC(=O)CCCCCCCCCCC(C)CC)OC(=O)CCCCCCCCCCCCCCCCC(C)C. The van der Waals surface area contributed by atoms with Crippen LogP contribution in [0, 0.1) is 17.8 Å². The van der Waals surface area contributed by atoms with E-state index in [-0.39, 0.29) is 25.7 Å². The van der Waals surface area contributed by atoms with Crippen molar-refractivity contribution in [3.63, 3.8) is 0 Å². The van der Waals surface area contributed by atoms with Gasteiger partial charge < -0.3 is 33.8 Å². The second-order valence-electron chi connectivity index (χ2n) is 27.5. The normalized spacial score (nSPS) is 14.4. The minimum absolute atomic E-state index is 0.104. The molecule has 0 aliphatic rings. The van der Waals surface area contributed by atoms with Crippen molar-refractivity contribution in [2.45, 2.75) is 388 Å². The molecular weight excluding hydrogens is 1210 g/mol. The number of esters is 4. The summed E-state index contributed by atoms with van der Waals surface area (Å²) < 4.78 is 68.4. The molecule has 19 heteroatoms. The number of unbranched alkanes of at least 4 members (excludes halogenated alkanes) is 38. The third kappa shape index (κ3) is 65.4. The maximum Gasteiger partial charge on any atom is 0.472 e. The zero-order valence-corrected chi connectivity index (χ0v) is 61.8. The Balaban J connectivity index is 5.25. The fraction of sp³-hybridized carbons (Fsp3) is 0.945. The van der Waals surface area contributed by atoms with Gasteiger partial charge >= 0.3 is 39.5 Å². The largest absolute Gasteiger partial charge is 0.472 e. The second-order valence-corrected chi connectivity index (χ2v) is 30.4. The van der Waals surface area contributed by atoms with Crippen molar-refractivity contribution in [3.05, 3.63) is 0 Å². The van der Waals surface area contributed by atoms with Gasteiger partial charge in [-0.1, -0.05) is 318 Å². The molecule has 0 aromatic carbocycles. The van der Waals surface area contributed by atoms with E-state index < -0.39 is 97.5 Å². The molecule has 0 heterocycles. The van der Waals surface area contributed by atoms with Crippen LogP contribution in [0.3, 0.4) is 0 Å². The van der Waals surface area contributed by atoms with Gasteiger partial charge in [-0.2, -0.15) is 0 Å². The van der Waals surface area contributed by atoms with Gasteiger partial charge in [0.2, 0.25) is 0 Å². The quantitative estimate of drug-likeness (QED) is 0.0222. The van der Waals surface area contributed by atoms with E-state index in [1.54, 1.807) is 0 Å². The molecule has 0 radical (unpaired) electrons. The summed E-state index contributed by atoms with van der Waals surface area (Å²) in [6, 6.07) is 0. The van der Waals surface area contributed by atoms with Crippen molar-refractivity contribution in [3.8, 4) is 0 Å². The average Bonchev–Trinajstić information content (AvgIpc) is 2.50. The molecule has 0 aliphatic carbocycles. The Morgan fingerprint density at radius 1 is 0.315 bits per heavy atom. The first-order valence-electron chi connectivity index (χ1n) is 37.9. The van der Waals surface area contributed by atoms with Crippen molar-refractivity contribution in [2.24, 2.45) is 17.8 Å². The molecule has 17 nitrogen and oxygen atoms in total. The monoisotopic (exact) mass is 1350 g/mol. The molecule has 0 saturated heterocycles. The molecule has 3 N–H and O–H groups in total. The van der Waals surface area contributed by atoms with Gasteiger partial charge in [-0.15, -0.1) is 0 Å². The van der Waals surface area contributed by atoms with E-state index in [0.29, 0.717) is 31.6 Å². The predicted octanol–water partition coefficient (Wildman–Crippen LogP) is 21.0. The van der Waals surface area contributed by atoms with Crippen LogP contribution in [-0.4, -0.2) is 96.7 Å². The van der Waals surface area contributed by atoms with Gasteiger partial charge in [0, 0.05) is 25.7 Å². The first kappa shape index (κ1) is 90.1. The molecule has 0 aromatic rings. The van der Waals surface area contributed by atoms with Gasteiger partial charge in [0.1, 0.15) is 19.3 Å². The highest BCUT2D eigenvalue weighted by atomic mass is 31.2. The zero-order chi connectivity index (χ0) is 68.0. The number of ether oxygens (including phenoxy) is 4. The lowest BCUT2D eigenvalue weighted by atomic mass is 9.99. The molecule has 0 bridgehead atoms. The fourth-order valence-electron chi connectivity index (χ4n) is 11.0. The van der Waals surface area contributed by atoms with Crippen molar-refractivity contribution in [2.75, 3.05) is 39.6 Å². The van der Waals surface area contributed by atoms with Crippen molar-refractivity contribution < 1.29 is 80.2 Å². The number of phosphoric acid groups is 2. The number of aliphatic hydroxyl groups is 1. The van der Waals surface area contributed by atoms with Crippen LogP contribution in [0.15, 0.2) is 0 Å². The number of carbonyl (C=O) groups excluding carboxylic acids is 4.